The fourth-order valence-electron chi connectivity index (χ4n) is 3.02. The average molecular weight is 462 g/mol. The molecule has 0 spiro atoms. The lowest BCUT2D eigenvalue weighted by molar-refractivity contribution is -0.136. The summed E-state index contributed by atoms with van der Waals surface area (Å²) in [5.74, 6) is 4.94. The van der Waals surface area contributed by atoms with Crippen molar-refractivity contribution in [3.63, 3.8) is 0 Å². The summed E-state index contributed by atoms with van der Waals surface area (Å²) in [6.45, 7) is 9.61. The highest BCUT2D eigenvalue weighted by Crippen LogP contribution is 2.25. The highest BCUT2D eigenvalue weighted by Gasteiger charge is 2.14. The van der Waals surface area contributed by atoms with Crippen LogP contribution < -0.4 is 11.2 Å². The third-order valence-electron chi connectivity index (χ3n) is 4.78. The van der Waals surface area contributed by atoms with E-state index in [2.05, 4.69) is 11.9 Å². The maximum absolute atomic E-state index is 12.5. The minimum Gasteiger partial charge on any atom is -0.481 e. The van der Waals surface area contributed by atoms with Gasteiger partial charge in [0.15, 0.2) is 0 Å². The standard InChI is InChI=1S/C23H25Cl2N3O3/c1-13(2)18(11-22(29)30)15(4)28(26)12-16-5-8-21(14(3)9-16)27-23(31)17-6-7-19(24)20(25)10-17/h5-10H,1,11-12,26H2,2-4H3,(H,27,31)(H,29,30)/b18-15-. The first-order chi connectivity index (χ1) is 14.5. The number of nitrogens with zero attached hydrogens (tertiary/aromatic N) is 1. The highest BCUT2D eigenvalue weighted by atomic mass is 35.5. The lowest BCUT2D eigenvalue weighted by Crippen LogP contribution is -2.30. The van der Waals surface area contributed by atoms with Crippen molar-refractivity contribution >= 4 is 40.8 Å². The van der Waals surface area contributed by atoms with Crippen LogP contribution in [0, 0.1) is 6.92 Å². The monoisotopic (exact) mass is 461 g/mol. The molecule has 2 aromatic rings. The second-order valence-corrected chi connectivity index (χ2v) is 8.09. The zero-order valence-corrected chi connectivity index (χ0v) is 19.1. The van der Waals surface area contributed by atoms with E-state index in [9.17, 15) is 9.59 Å². The molecule has 4 N–H and O–H groups in total. The molecule has 0 saturated heterocycles. The van der Waals surface area contributed by atoms with Gasteiger partial charge in [-0.15, -0.1) is 0 Å². The number of nitrogens with two attached hydrogens (primary N) is 1. The van der Waals surface area contributed by atoms with Crippen molar-refractivity contribution in [2.45, 2.75) is 33.7 Å². The maximum Gasteiger partial charge on any atom is 0.307 e. The van der Waals surface area contributed by atoms with Gasteiger partial charge in [-0.3, -0.25) is 9.59 Å². The van der Waals surface area contributed by atoms with Gasteiger partial charge in [0.05, 0.1) is 23.0 Å². The number of hydrogen-bond donors (Lipinski definition) is 3. The molecule has 0 heterocycles. The summed E-state index contributed by atoms with van der Waals surface area (Å²) in [5, 5.41) is 14.2. The number of carbonyl (C=O) groups excluding carboxylic acids is 1. The predicted molar refractivity (Wildman–Crippen MR) is 125 cm³/mol. The van der Waals surface area contributed by atoms with E-state index in [0.29, 0.717) is 44.7 Å². The molecule has 8 heteroatoms. The largest absolute Gasteiger partial charge is 0.481 e. The fourth-order valence-corrected chi connectivity index (χ4v) is 3.32. The summed E-state index contributed by atoms with van der Waals surface area (Å²) in [6.07, 6.45) is -0.145. The summed E-state index contributed by atoms with van der Waals surface area (Å²) in [4.78, 5) is 23.6. The molecule has 31 heavy (non-hydrogen) atoms. The van der Waals surface area contributed by atoms with Crippen molar-refractivity contribution < 1.29 is 14.7 Å². The molecule has 0 aliphatic heterocycles. The SMILES string of the molecule is C=C(C)/C(CC(=O)O)=C(/C)N(N)Cc1ccc(NC(=O)c2ccc(Cl)c(Cl)c2)c(C)c1. The van der Waals surface area contributed by atoms with Gasteiger partial charge < -0.3 is 15.4 Å². The smallest absolute Gasteiger partial charge is 0.307 e. The van der Waals surface area contributed by atoms with Gasteiger partial charge in [0.1, 0.15) is 0 Å². The number of carbonyl (C=O) groups is 2. The molecule has 1 amide bonds. The molecule has 0 unspecified atom stereocenters. The molecule has 164 valence electrons. The summed E-state index contributed by atoms with van der Waals surface area (Å²) >= 11 is 11.9. The van der Waals surface area contributed by atoms with Gasteiger partial charge in [-0.05, 0) is 61.7 Å². The Morgan fingerprint density at radius 1 is 1.13 bits per heavy atom. The van der Waals surface area contributed by atoms with Gasteiger partial charge in [-0.1, -0.05) is 47.5 Å². The van der Waals surface area contributed by atoms with E-state index in [-0.39, 0.29) is 12.3 Å². The Hall–Kier alpha value is -2.80. The van der Waals surface area contributed by atoms with E-state index in [1.165, 1.54) is 11.1 Å². The Labute approximate surface area is 191 Å². The molecule has 6 nitrogen and oxygen atoms in total. The third kappa shape index (κ3) is 6.59. The van der Waals surface area contributed by atoms with Crippen molar-refractivity contribution in [3.05, 3.63) is 86.6 Å². The fraction of sp³-hybridized carbons (Fsp3) is 0.217. The molecule has 2 aromatic carbocycles. The number of anilines is 1. The lowest BCUT2D eigenvalue weighted by Gasteiger charge is -2.23. The summed E-state index contributed by atoms with van der Waals surface area (Å²) < 4.78 is 0. The first-order valence-electron chi connectivity index (χ1n) is 9.45. The number of rotatable bonds is 8. The van der Waals surface area contributed by atoms with Crippen LogP contribution in [-0.4, -0.2) is 22.0 Å². The van der Waals surface area contributed by atoms with Crippen LogP contribution in [0.3, 0.4) is 0 Å². The van der Waals surface area contributed by atoms with E-state index in [0.717, 1.165) is 11.1 Å². The molecule has 2 rings (SSSR count). The van der Waals surface area contributed by atoms with Crippen LogP contribution in [0.1, 0.15) is 41.8 Å². The van der Waals surface area contributed by atoms with Crippen LogP contribution in [-0.2, 0) is 11.3 Å². The first-order valence-corrected chi connectivity index (χ1v) is 10.2. The minimum absolute atomic E-state index is 0.145. The number of carboxylic acid groups (broad SMARTS) is 1. The third-order valence-corrected chi connectivity index (χ3v) is 5.52. The number of halogens is 2. The van der Waals surface area contributed by atoms with Crippen molar-refractivity contribution in [2.75, 3.05) is 5.32 Å². The summed E-state index contributed by atoms with van der Waals surface area (Å²) in [7, 11) is 0. The lowest BCUT2D eigenvalue weighted by atomic mass is 10.0. The van der Waals surface area contributed by atoms with Crippen LogP contribution in [0.25, 0.3) is 0 Å². The van der Waals surface area contributed by atoms with E-state index in [1.807, 2.05) is 19.1 Å². The maximum atomic E-state index is 12.5. The van der Waals surface area contributed by atoms with Crippen molar-refractivity contribution in [1.82, 2.24) is 5.01 Å². The molecular weight excluding hydrogens is 437 g/mol. The second kappa shape index (κ2) is 10.5. The molecule has 0 saturated carbocycles. The van der Waals surface area contributed by atoms with Gasteiger partial charge in [-0.2, -0.15) is 0 Å². The molecule has 0 aromatic heterocycles. The molecular formula is C23H25Cl2N3O3. The number of allylic oxidation sites excluding steroid dienone is 2. The zero-order chi connectivity index (χ0) is 23.3. The van der Waals surface area contributed by atoms with E-state index >= 15 is 0 Å². The normalized spacial score (nSPS) is 11.5. The Balaban J connectivity index is 2.16. The van der Waals surface area contributed by atoms with E-state index in [4.69, 9.17) is 34.2 Å². The average Bonchev–Trinajstić information content (AvgIpc) is 2.69. The number of aliphatic carboxylic acids is 1. The van der Waals surface area contributed by atoms with Crippen LogP contribution in [0.4, 0.5) is 5.69 Å². The van der Waals surface area contributed by atoms with Gasteiger partial charge in [0.25, 0.3) is 5.91 Å². The zero-order valence-electron chi connectivity index (χ0n) is 17.6. The van der Waals surface area contributed by atoms with Crippen LogP contribution in [0.5, 0.6) is 0 Å². The summed E-state index contributed by atoms with van der Waals surface area (Å²) in [6, 6.07) is 10.2. The Kier molecular flexibility index (Phi) is 8.28. The number of aryl methyl sites for hydroxylation is 1. The number of hydrazine groups is 1. The molecule has 0 atom stereocenters. The highest BCUT2D eigenvalue weighted by molar-refractivity contribution is 6.42. The number of carboxylic acids is 1. The predicted octanol–water partition coefficient (Wildman–Crippen LogP) is 5.55. The number of amides is 1. The quantitative estimate of drug-likeness (QED) is 0.271. The van der Waals surface area contributed by atoms with E-state index < -0.39 is 5.97 Å². The van der Waals surface area contributed by atoms with Crippen molar-refractivity contribution in [2.24, 2.45) is 5.84 Å². The number of hydrogen-bond acceptors (Lipinski definition) is 4. The number of nitrogens with one attached hydrogen (secondary N) is 1. The first kappa shape index (κ1) is 24.5. The van der Waals surface area contributed by atoms with Gasteiger partial charge in [-0.25, -0.2) is 5.84 Å². The van der Waals surface area contributed by atoms with Gasteiger partial charge in [0.2, 0.25) is 0 Å². The molecule has 0 bridgehead atoms. The van der Waals surface area contributed by atoms with Gasteiger partial charge in [0, 0.05) is 16.9 Å². The Morgan fingerprint density at radius 2 is 1.81 bits per heavy atom. The van der Waals surface area contributed by atoms with Crippen molar-refractivity contribution in [1.29, 1.82) is 0 Å². The second-order valence-electron chi connectivity index (χ2n) is 7.27. The van der Waals surface area contributed by atoms with Crippen LogP contribution >= 0.6 is 23.2 Å². The van der Waals surface area contributed by atoms with Crippen molar-refractivity contribution in [3.8, 4) is 0 Å². The Morgan fingerprint density at radius 3 is 2.35 bits per heavy atom. The van der Waals surface area contributed by atoms with Crippen LogP contribution in [0.15, 0.2) is 59.8 Å². The van der Waals surface area contributed by atoms with Crippen LogP contribution in [0.2, 0.25) is 10.0 Å². The minimum atomic E-state index is -0.941. The topological polar surface area (TPSA) is 95.7 Å². The molecule has 0 aliphatic carbocycles. The van der Waals surface area contributed by atoms with Gasteiger partial charge >= 0.3 is 5.97 Å². The number of benzene rings is 2. The molecule has 0 aliphatic rings. The molecule has 0 radical (unpaired) electrons. The summed E-state index contributed by atoms with van der Waals surface area (Å²) in [5.41, 5.74) is 4.71. The van der Waals surface area contributed by atoms with E-state index in [1.54, 1.807) is 32.0 Å². The Bertz CT molecular complexity index is 1060. The molecule has 0 fully saturated rings.